The highest BCUT2D eigenvalue weighted by atomic mass is 32.1. The Balaban J connectivity index is 6.91. The summed E-state index contributed by atoms with van der Waals surface area (Å²) in [5.41, 5.74) is 5.64. The van der Waals surface area contributed by atoms with Crippen LogP contribution in [0.2, 0.25) is 0 Å². The Morgan fingerprint density at radius 1 is 0.667 bits per heavy atom. The molecule has 0 saturated carbocycles. The molecule has 0 fully saturated rings. The number of nitrogens with two attached hydrogens (primary N) is 1. The first-order chi connectivity index (χ1) is 27.7. The smallest absolute Gasteiger partial charge is 0.246 e. The molecule has 16 heteroatoms. The normalized spacial score (nSPS) is 15.8. The highest BCUT2D eigenvalue weighted by Crippen LogP contribution is 2.24. The molecule has 346 valence electrons. The first-order valence-corrected chi connectivity index (χ1v) is 22.2. The summed E-state index contributed by atoms with van der Waals surface area (Å²) >= 11 is 4.36. The van der Waals surface area contributed by atoms with Gasteiger partial charge in [-0.1, -0.05) is 81.4 Å². The number of aliphatic hydroxyl groups is 1. The van der Waals surface area contributed by atoms with Crippen molar-refractivity contribution in [3.63, 3.8) is 0 Å². The molecular weight excluding hydrogens is 787 g/mol. The van der Waals surface area contributed by atoms with Crippen molar-refractivity contribution in [2.75, 3.05) is 41.0 Å². The molecule has 0 heterocycles. The van der Waals surface area contributed by atoms with Crippen LogP contribution in [0.3, 0.4) is 0 Å². The van der Waals surface area contributed by atoms with Gasteiger partial charge in [-0.3, -0.25) is 33.6 Å². The van der Waals surface area contributed by atoms with Gasteiger partial charge in [0.25, 0.3) is 0 Å². The average molecular weight is 868 g/mol. The number of nitrogens with one attached hydrogen (secondary N) is 1. The number of rotatable bonds is 26. The first-order valence-electron chi connectivity index (χ1n) is 21.5. The molecule has 0 aliphatic carbocycles. The molecule has 60 heavy (non-hydrogen) atoms. The van der Waals surface area contributed by atoms with E-state index in [1.54, 1.807) is 34.7 Å². The van der Waals surface area contributed by atoms with Crippen LogP contribution in [-0.4, -0.2) is 154 Å². The highest BCUT2D eigenvalue weighted by Gasteiger charge is 2.44. The van der Waals surface area contributed by atoms with Crippen LogP contribution in [0.25, 0.3) is 0 Å². The number of hydrogen-bond donors (Lipinski definition) is 4. The topological polar surface area (TPSA) is 194 Å². The molecule has 0 aromatic rings. The van der Waals surface area contributed by atoms with Crippen LogP contribution < -0.4 is 11.1 Å². The highest BCUT2D eigenvalue weighted by molar-refractivity contribution is 7.80. The number of thiol groups is 1. The largest absolute Gasteiger partial charge is 0.390 e. The van der Waals surface area contributed by atoms with Gasteiger partial charge in [-0.05, 0) is 68.6 Å². The van der Waals surface area contributed by atoms with E-state index >= 15 is 0 Å². The predicted octanol–water partition coefficient (Wildman–Crippen LogP) is 3.58. The molecule has 8 atom stereocenters. The van der Waals surface area contributed by atoms with Crippen molar-refractivity contribution >= 4 is 54.0 Å². The number of primary amides is 1. The van der Waals surface area contributed by atoms with Crippen LogP contribution in [0.4, 0.5) is 0 Å². The fourth-order valence-corrected chi connectivity index (χ4v) is 7.67. The maximum Gasteiger partial charge on any atom is 0.246 e. The van der Waals surface area contributed by atoms with Gasteiger partial charge in [0, 0.05) is 47.4 Å². The van der Waals surface area contributed by atoms with Crippen molar-refractivity contribution in [3.8, 4) is 0 Å². The van der Waals surface area contributed by atoms with E-state index < -0.39 is 89.6 Å². The Hall–Kier alpha value is -3.66. The molecule has 0 aromatic carbocycles. The lowest BCUT2D eigenvalue weighted by Gasteiger charge is -2.41. The second-order valence-corrected chi connectivity index (χ2v) is 18.4. The zero-order valence-corrected chi connectivity index (χ0v) is 40.5. The van der Waals surface area contributed by atoms with Crippen LogP contribution in [0.1, 0.15) is 115 Å². The lowest BCUT2D eigenvalue weighted by Crippen LogP contribution is -2.63. The number of carbonyl (C=O) groups is 7. The molecule has 0 aromatic heterocycles. The van der Waals surface area contributed by atoms with Gasteiger partial charge in [-0.2, -0.15) is 12.6 Å². The fraction of sp³-hybridized carbons (Fsp3) is 0.795. The summed E-state index contributed by atoms with van der Waals surface area (Å²) in [4.78, 5) is 103. The van der Waals surface area contributed by atoms with Gasteiger partial charge in [0.05, 0.1) is 6.10 Å². The Morgan fingerprint density at radius 2 is 1.15 bits per heavy atom. The van der Waals surface area contributed by atoms with E-state index in [2.05, 4.69) is 17.9 Å². The molecule has 7 amide bonds. The van der Waals surface area contributed by atoms with Gasteiger partial charge in [0.15, 0.2) is 0 Å². The predicted molar refractivity (Wildman–Crippen MR) is 240 cm³/mol. The van der Waals surface area contributed by atoms with E-state index in [1.807, 2.05) is 60.6 Å². The quantitative estimate of drug-likeness (QED) is 0.0749. The monoisotopic (exact) mass is 868 g/mol. The van der Waals surface area contributed by atoms with Crippen molar-refractivity contribution in [2.45, 2.75) is 157 Å². The molecule has 0 aliphatic heterocycles. The molecule has 0 aliphatic rings. The van der Waals surface area contributed by atoms with Crippen LogP contribution in [0, 0.1) is 29.6 Å². The number of nitrogens with zero attached hydrogens (tertiary/aromatic N) is 5. The Kier molecular flexibility index (Phi) is 25.0. The number of allylic oxidation sites excluding steroid dienone is 2. The lowest BCUT2D eigenvalue weighted by molar-refractivity contribution is -0.156. The SMILES string of the molecule is C/C=C/C[C@@H](C)[C@@H](O)[C@@H](C(=O)N[C@@H](CC)C(=O)N(C)[C@H](CS)C(=O)N(C)[C@@H](CC(C)C)C(N)=O)N(C)C(=O)[C@H](C(C)C)N(C)C(=O)[C@H](CC(C)C)N(C)C(=O)CCC(C)C. The summed E-state index contributed by atoms with van der Waals surface area (Å²) in [7, 11) is 7.39. The van der Waals surface area contributed by atoms with Gasteiger partial charge in [0.1, 0.15) is 36.3 Å². The van der Waals surface area contributed by atoms with Gasteiger partial charge < -0.3 is 40.7 Å². The third kappa shape index (κ3) is 16.3. The molecule has 0 rings (SSSR count). The zero-order chi connectivity index (χ0) is 46.9. The third-order valence-corrected chi connectivity index (χ3v) is 11.6. The number of amides is 7. The lowest BCUT2D eigenvalue weighted by atomic mass is 9.91. The van der Waals surface area contributed by atoms with Crippen LogP contribution in [0.15, 0.2) is 12.2 Å². The van der Waals surface area contributed by atoms with Crippen molar-refractivity contribution < 1.29 is 38.7 Å². The van der Waals surface area contributed by atoms with Gasteiger partial charge >= 0.3 is 0 Å². The van der Waals surface area contributed by atoms with E-state index in [9.17, 15) is 38.7 Å². The van der Waals surface area contributed by atoms with Crippen molar-refractivity contribution in [3.05, 3.63) is 12.2 Å². The molecule has 0 saturated heterocycles. The second kappa shape index (κ2) is 26.6. The second-order valence-electron chi connectivity index (χ2n) is 18.0. The number of carbonyl (C=O) groups excluding carboxylic acids is 7. The van der Waals surface area contributed by atoms with Crippen LogP contribution in [0.5, 0.6) is 0 Å². The summed E-state index contributed by atoms with van der Waals surface area (Å²) in [6.45, 7) is 20.6. The Labute approximate surface area is 367 Å². The maximum atomic E-state index is 14.7. The van der Waals surface area contributed by atoms with Crippen LogP contribution in [-0.2, 0) is 33.6 Å². The summed E-state index contributed by atoms with van der Waals surface area (Å²) in [6.07, 6.45) is 4.36. The summed E-state index contributed by atoms with van der Waals surface area (Å²) in [6, 6.07) is -6.62. The van der Waals surface area contributed by atoms with Gasteiger partial charge in [-0.15, -0.1) is 0 Å². The van der Waals surface area contributed by atoms with Crippen LogP contribution >= 0.6 is 12.6 Å². The molecule has 4 N–H and O–H groups in total. The molecule has 15 nitrogen and oxygen atoms in total. The minimum absolute atomic E-state index is 0.0514. The molecule has 0 radical (unpaired) electrons. The van der Waals surface area contributed by atoms with Crippen molar-refractivity contribution in [2.24, 2.45) is 35.3 Å². The third-order valence-electron chi connectivity index (χ3n) is 11.2. The maximum absolute atomic E-state index is 14.7. The van der Waals surface area contributed by atoms with E-state index in [-0.39, 0.29) is 36.3 Å². The van der Waals surface area contributed by atoms with E-state index in [0.29, 0.717) is 31.6 Å². The fourth-order valence-electron chi connectivity index (χ4n) is 7.27. The Morgan fingerprint density at radius 3 is 1.58 bits per heavy atom. The minimum Gasteiger partial charge on any atom is -0.390 e. The standard InChI is InChI=1S/C44H81N7O8S/c1-17-19-20-30(11)38(53)37(40(55)46-31(18-2)41(56)49(14)34(25-60)43(58)48(13)32(39(45)54)23-27(5)6)51(16)44(59)36(29(9)10)50(15)42(57)33(24-28(7)8)47(12)35(52)22-21-26(3)4/h17,19,26-34,36-38,53,60H,18,20-25H2,1-16H3,(H2,45,54)(H,46,55)/b19-17+/t30-,31+,32+,33+,34-,36+,37+,38-/m1/s1. The minimum atomic E-state index is -1.50. The summed E-state index contributed by atoms with van der Waals surface area (Å²) in [5, 5.41) is 14.6. The Bertz CT molecular complexity index is 1460. The van der Waals surface area contributed by atoms with E-state index in [4.69, 9.17) is 5.73 Å². The van der Waals surface area contributed by atoms with Gasteiger partial charge in [-0.25, -0.2) is 0 Å². The molecular formula is C44H81N7O8S. The van der Waals surface area contributed by atoms with E-state index in [1.165, 1.54) is 47.8 Å². The first kappa shape index (κ1) is 56.3. The molecule has 0 unspecified atom stereocenters. The summed E-state index contributed by atoms with van der Waals surface area (Å²) < 4.78 is 0. The van der Waals surface area contributed by atoms with E-state index in [0.717, 1.165) is 4.90 Å². The number of aliphatic hydroxyl groups excluding tert-OH is 1. The number of hydrogen-bond acceptors (Lipinski definition) is 9. The molecule has 0 spiro atoms. The summed E-state index contributed by atoms with van der Waals surface area (Å²) in [5.74, 6) is -4.50. The average Bonchev–Trinajstić information content (AvgIpc) is 3.17. The van der Waals surface area contributed by atoms with Gasteiger partial charge in [0.2, 0.25) is 41.4 Å². The van der Waals surface area contributed by atoms with Crippen molar-refractivity contribution in [1.82, 2.24) is 29.8 Å². The zero-order valence-electron chi connectivity index (χ0n) is 39.6. The number of likely N-dealkylation sites (N-methyl/N-ethyl adjacent to an activating group) is 5. The molecule has 0 bridgehead atoms. The van der Waals surface area contributed by atoms with Crippen molar-refractivity contribution in [1.29, 1.82) is 0 Å².